The maximum absolute atomic E-state index is 12.5. The van der Waals surface area contributed by atoms with Crippen LogP contribution in [0, 0.1) is 6.92 Å². The number of carbonyl (C=O) groups is 1. The molecule has 1 amide bonds. The van der Waals surface area contributed by atoms with Crippen molar-refractivity contribution in [1.82, 2.24) is 10.2 Å². The van der Waals surface area contributed by atoms with Crippen molar-refractivity contribution in [2.45, 2.75) is 6.92 Å². The minimum absolute atomic E-state index is 0.323. The van der Waals surface area contributed by atoms with E-state index in [0.29, 0.717) is 21.4 Å². The van der Waals surface area contributed by atoms with Crippen molar-refractivity contribution >= 4 is 45.8 Å². The molecule has 0 saturated carbocycles. The molecule has 3 aromatic carbocycles. The number of nitrogens with zero attached hydrogens (tertiary/aromatic N) is 1. The van der Waals surface area contributed by atoms with Crippen LogP contribution < -0.4 is 5.32 Å². The SMILES string of the molecule is Cc1ccccc1-c1ccc2c(NC(=O)c3cc(Cl)cc(Cl)c3)n[nH]c2c1. The van der Waals surface area contributed by atoms with Crippen LogP contribution in [0.2, 0.25) is 10.0 Å². The molecular formula is C21H15Cl2N3O. The first-order valence-corrected chi connectivity index (χ1v) is 9.08. The lowest BCUT2D eigenvalue weighted by atomic mass is 10.00. The smallest absolute Gasteiger partial charge is 0.256 e. The fraction of sp³-hybridized carbons (Fsp3) is 0.0476. The van der Waals surface area contributed by atoms with E-state index in [4.69, 9.17) is 23.2 Å². The van der Waals surface area contributed by atoms with E-state index >= 15 is 0 Å². The predicted octanol–water partition coefficient (Wildman–Crippen LogP) is 6.10. The highest BCUT2D eigenvalue weighted by molar-refractivity contribution is 6.35. The van der Waals surface area contributed by atoms with Crippen molar-refractivity contribution in [2.75, 3.05) is 5.32 Å². The number of hydrogen-bond donors (Lipinski definition) is 2. The molecule has 0 spiro atoms. The minimum atomic E-state index is -0.323. The number of nitrogens with one attached hydrogen (secondary N) is 2. The predicted molar refractivity (Wildman–Crippen MR) is 111 cm³/mol. The summed E-state index contributed by atoms with van der Waals surface area (Å²) in [5, 5.41) is 11.7. The van der Waals surface area contributed by atoms with E-state index in [-0.39, 0.29) is 5.91 Å². The lowest BCUT2D eigenvalue weighted by Crippen LogP contribution is -2.12. The number of aromatic amines is 1. The number of H-pyrrole nitrogens is 1. The van der Waals surface area contributed by atoms with Gasteiger partial charge in [-0.2, -0.15) is 5.10 Å². The monoisotopic (exact) mass is 395 g/mol. The van der Waals surface area contributed by atoms with Gasteiger partial charge in [0.1, 0.15) is 0 Å². The van der Waals surface area contributed by atoms with Crippen molar-refractivity contribution in [3.63, 3.8) is 0 Å². The summed E-state index contributed by atoms with van der Waals surface area (Å²) in [6.45, 7) is 2.08. The molecule has 0 radical (unpaired) electrons. The van der Waals surface area contributed by atoms with Gasteiger partial charge in [-0.25, -0.2) is 0 Å². The molecule has 0 fully saturated rings. The van der Waals surface area contributed by atoms with Gasteiger partial charge in [0, 0.05) is 21.0 Å². The Morgan fingerprint density at radius 1 is 1.00 bits per heavy atom. The molecule has 134 valence electrons. The Morgan fingerprint density at radius 3 is 2.48 bits per heavy atom. The molecule has 1 aromatic heterocycles. The second-order valence-corrected chi connectivity index (χ2v) is 7.13. The number of aryl methyl sites for hydroxylation is 1. The molecule has 2 N–H and O–H groups in total. The van der Waals surface area contributed by atoms with E-state index in [9.17, 15) is 4.79 Å². The number of fused-ring (bicyclic) bond motifs is 1. The third kappa shape index (κ3) is 3.54. The number of aromatic nitrogens is 2. The summed E-state index contributed by atoms with van der Waals surface area (Å²) in [5.74, 6) is 0.137. The zero-order chi connectivity index (χ0) is 19.0. The Balaban J connectivity index is 1.66. The van der Waals surface area contributed by atoms with Gasteiger partial charge in [0.05, 0.1) is 5.52 Å². The van der Waals surface area contributed by atoms with Gasteiger partial charge in [-0.05, 0) is 53.9 Å². The molecule has 4 aromatic rings. The van der Waals surface area contributed by atoms with E-state index in [0.717, 1.165) is 22.0 Å². The van der Waals surface area contributed by atoms with Crippen molar-refractivity contribution in [1.29, 1.82) is 0 Å². The normalized spacial score (nSPS) is 10.9. The van der Waals surface area contributed by atoms with Gasteiger partial charge >= 0.3 is 0 Å². The van der Waals surface area contributed by atoms with E-state index in [1.54, 1.807) is 18.2 Å². The van der Waals surface area contributed by atoms with Crippen molar-refractivity contribution in [2.24, 2.45) is 0 Å². The number of rotatable bonds is 3. The standard InChI is InChI=1S/C21H15Cl2N3O/c1-12-4-2-3-5-17(12)13-6-7-18-19(10-13)25-26-20(18)24-21(27)14-8-15(22)11-16(23)9-14/h2-11H,1H3,(H2,24,25,26,27). The molecule has 0 unspecified atom stereocenters. The number of anilines is 1. The van der Waals surface area contributed by atoms with Crippen molar-refractivity contribution < 1.29 is 4.79 Å². The topological polar surface area (TPSA) is 57.8 Å². The van der Waals surface area contributed by atoms with Gasteiger partial charge in [0.25, 0.3) is 5.91 Å². The molecule has 0 aliphatic rings. The molecule has 1 heterocycles. The molecule has 0 aliphatic heterocycles. The van der Waals surface area contributed by atoms with E-state index in [1.165, 1.54) is 5.56 Å². The first-order valence-electron chi connectivity index (χ1n) is 8.33. The highest BCUT2D eigenvalue weighted by Gasteiger charge is 2.13. The van der Waals surface area contributed by atoms with Crippen molar-refractivity contribution in [3.05, 3.63) is 81.8 Å². The van der Waals surface area contributed by atoms with Crippen LogP contribution >= 0.6 is 23.2 Å². The largest absolute Gasteiger partial charge is 0.305 e. The zero-order valence-electron chi connectivity index (χ0n) is 14.4. The van der Waals surface area contributed by atoms with Crippen LogP contribution in [0.3, 0.4) is 0 Å². The lowest BCUT2D eigenvalue weighted by molar-refractivity contribution is 0.102. The maximum atomic E-state index is 12.5. The number of amides is 1. The summed E-state index contributed by atoms with van der Waals surface area (Å²) in [7, 11) is 0. The van der Waals surface area contributed by atoms with Gasteiger partial charge in [-0.1, -0.05) is 53.5 Å². The van der Waals surface area contributed by atoms with Crippen LogP contribution in [0.1, 0.15) is 15.9 Å². The lowest BCUT2D eigenvalue weighted by Gasteiger charge is -2.06. The minimum Gasteiger partial charge on any atom is -0.305 e. The maximum Gasteiger partial charge on any atom is 0.256 e. The Labute approximate surface area is 166 Å². The summed E-state index contributed by atoms with van der Waals surface area (Å²) in [4.78, 5) is 12.5. The van der Waals surface area contributed by atoms with Crippen LogP contribution in [0.25, 0.3) is 22.0 Å². The Morgan fingerprint density at radius 2 is 1.74 bits per heavy atom. The Kier molecular flexibility index (Phi) is 4.60. The zero-order valence-corrected chi connectivity index (χ0v) is 15.9. The third-order valence-corrected chi connectivity index (χ3v) is 4.81. The van der Waals surface area contributed by atoms with Crippen LogP contribution in [-0.4, -0.2) is 16.1 Å². The first kappa shape index (κ1) is 17.6. The molecule has 0 saturated heterocycles. The van der Waals surface area contributed by atoms with Crippen LogP contribution in [0.5, 0.6) is 0 Å². The number of halogens is 2. The fourth-order valence-corrected chi connectivity index (χ4v) is 3.57. The van der Waals surface area contributed by atoms with Crippen LogP contribution in [0.4, 0.5) is 5.82 Å². The summed E-state index contributed by atoms with van der Waals surface area (Å²) in [6.07, 6.45) is 0. The molecule has 4 rings (SSSR count). The molecule has 0 aliphatic carbocycles. The molecular weight excluding hydrogens is 381 g/mol. The van der Waals surface area contributed by atoms with Crippen LogP contribution in [-0.2, 0) is 0 Å². The van der Waals surface area contributed by atoms with Gasteiger partial charge in [-0.3, -0.25) is 9.89 Å². The van der Waals surface area contributed by atoms with Gasteiger partial charge < -0.3 is 5.32 Å². The fourth-order valence-electron chi connectivity index (χ4n) is 3.04. The summed E-state index contributed by atoms with van der Waals surface area (Å²) in [6, 6.07) is 18.9. The number of benzene rings is 3. The van der Waals surface area contributed by atoms with Gasteiger partial charge in [0.15, 0.2) is 5.82 Å². The number of carbonyl (C=O) groups excluding carboxylic acids is 1. The second kappa shape index (κ2) is 7.06. The molecule has 4 nitrogen and oxygen atoms in total. The number of hydrogen-bond acceptors (Lipinski definition) is 2. The Bertz CT molecular complexity index is 1150. The van der Waals surface area contributed by atoms with E-state index in [2.05, 4.69) is 34.6 Å². The van der Waals surface area contributed by atoms with E-state index < -0.39 is 0 Å². The summed E-state index contributed by atoms with van der Waals surface area (Å²) in [5.41, 5.74) is 4.66. The van der Waals surface area contributed by atoms with Crippen molar-refractivity contribution in [3.8, 4) is 11.1 Å². The van der Waals surface area contributed by atoms with Gasteiger partial charge in [0.2, 0.25) is 0 Å². The van der Waals surface area contributed by atoms with Crippen LogP contribution in [0.15, 0.2) is 60.7 Å². The summed E-state index contributed by atoms with van der Waals surface area (Å²) < 4.78 is 0. The molecule has 27 heavy (non-hydrogen) atoms. The average molecular weight is 396 g/mol. The first-order chi connectivity index (χ1) is 13.0. The molecule has 0 atom stereocenters. The average Bonchev–Trinajstić information content (AvgIpc) is 3.03. The van der Waals surface area contributed by atoms with E-state index in [1.807, 2.05) is 30.3 Å². The second-order valence-electron chi connectivity index (χ2n) is 6.26. The highest BCUT2D eigenvalue weighted by atomic mass is 35.5. The van der Waals surface area contributed by atoms with Gasteiger partial charge in [-0.15, -0.1) is 0 Å². The highest BCUT2D eigenvalue weighted by Crippen LogP contribution is 2.29. The quantitative estimate of drug-likeness (QED) is 0.440. The Hall–Kier alpha value is -2.82. The third-order valence-electron chi connectivity index (χ3n) is 4.38. The molecule has 0 bridgehead atoms. The summed E-state index contributed by atoms with van der Waals surface area (Å²) >= 11 is 11.9. The molecule has 6 heteroatoms.